The first-order valence-corrected chi connectivity index (χ1v) is 6.11. The van der Waals surface area contributed by atoms with Gasteiger partial charge in [0, 0.05) is 17.4 Å². The molecule has 0 bridgehead atoms. The SMILES string of the molecule is Cc1cc2occ(C)c2c2c1C(=O)C[C@@H](C)C2. The molecule has 2 heteroatoms. The van der Waals surface area contributed by atoms with Crippen molar-refractivity contribution in [2.24, 2.45) is 5.92 Å². The van der Waals surface area contributed by atoms with Gasteiger partial charge in [-0.15, -0.1) is 0 Å². The Kier molecular flexibility index (Phi) is 2.15. The second kappa shape index (κ2) is 3.46. The Labute approximate surface area is 101 Å². The third kappa shape index (κ3) is 1.43. The molecule has 0 fully saturated rings. The maximum Gasteiger partial charge on any atom is 0.163 e. The number of rotatable bonds is 0. The van der Waals surface area contributed by atoms with Crippen molar-refractivity contribution in [2.45, 2.75) is 33.6 Å². The molecule has 0 saturated carbocycles. The van der Waals surface area contributed by atoms with Gasteiger partial charge in [0.05, 0.1) is 6.26 Å². The Morgan fingerprint density at radius 3 is 2.76 bits per heavy atom. The highest BCUT2D eigenvalue weighted by Gasteiger charge is 2.27. The van der Waals surface area contributed by atoms with E-state index in [4.69, 9.17) is 4.42 Å². The zero-order chi connectivity index (χ0) is 12.2. The van der Waals surface area contributed by atoms with Gasteiger partial charge in [-0.25, -0.2) is 0 Å². The molecule has 1 atom stereocenters. The van der Waals surface area contributed by atoms with Crippen LogP contribution in [0, 0.1) is 19.8 Å². The monoisotopic (exact) mass is 228 g/mol. The van der Waals surface area contributed by atoms with Crippen LogP contribution in [0.15, 0.2) is 16.7 Å². The molecular weight excluding hydrogens is 212 g/mol. The van der Waals surface area contributed by atoms with Crippen LogP contribution in [0.3, 0.4) is 0 Å². The smallest absolute Gasteiger partial charge is 0.163 e. The average molecular weight is 228 g/mol. The van der Waals surface area contributed by atoms with Crippen LogP contribution in [-0.4, -0.2) is 5.78 Å². The van der Waals surface area contributed by atoms with Gasteiger partial charge < -0.3 is 4.42 Å². The van der Waals surface area contributed by atoms with E-state index in [0.717, 1.165) is 34.1 Å². The summed E-state index contributed by atoms with van der Waals surface area (Å²) < 4.78 is 5.55. The van der Waals surface area contributed by atoms with Crippen molar-refractivity contribution in [2.75, 3.05) is 0 Å². The van der Waals surface area contributed by atoms with E-state index in [1.165, 1.54) is 5.56 Å². The van der Waals surface area contributed by atoms with Gasteiger partial charge in [0.15, 0.2) is 5.78 Å². The molecule has 2 nitrogen and oxygen atoms in total. The fraction of sp³-hybridized carbons (Fsp3) is 0.400. The van der Waals surface area contributed by atoms with Crippen LogP contribution in [0.2, 0.25) is 0 Å². The van der Waals surface area contributed by atoms with Gasteiger partial charge in [0.25, 0.3) is 0 Å². The number of hydrogen-bond acceptors (Lipinski definition) is 2. The lowest BCUT2D eigenvalue weighted by atomic mass is 9.80. The number of fused-ring (bicyclic) bond motifs is 3. The third-order valence-corrected chi connectivity index (χ3v) is 3.71. The number of aryl methyl sites for hydroxylation is 2. The van der Waals surface area contributed by atoms with Gasteiger partial charge in [-0.05, 0) is 48.9 Å². The summed E-state index contributed by atoms with van der Waals surface area (Å²) >= 11 is 0. The summed E-state index contributed by atoms with van der Waals surface area (Å²) in [5.74, 6) is 0.730. The minimum atomic E-state index is 0.291. The number of benzene rings is 1. The van der Waals surface area contributed by atoms with Crippen molar-refractivity contribution in [1.82, 2.24) is 0 Å². The summed E-state index contributed by atoms with van der Waals surface area (Å²) in [6.07, 6.45) is 3.45. The molecule has 17 heavy (non-hydrogen) atoms. The first-order chi connectivity index (χ1) is 8.08. The van der Waals surface area contributed by atoms with Crippen molar-refractivity contribution < 1.29 is 9.21 Å². The second-order valence-corrected chi connectivity index (χ2v) is 5.28. The predicted molar refractivity (Wildman–Crippen MR) is 67.5 cm³/mol. The Hall–Kier alpha value is -1.57. The molecule has 0 radical (unpaired) electrons. The average Bonchev–Trinajstić information content (AvgIpc) is 2.59. The summed E-state index contributed by atoms with van der Waals surface area (Å²) in [6.45, 7) is 6.19. The van der Waals surface area contributed by atoms with Gasteiger partial charge in [0.1, 0.15) is 5.58 Å². The molecule has 0 unspecified atom stereocenters. The van der Waals surface area contributed by atoms with Crippen LogP contribution >= 0.6 is 0 Å². The maximum atomic E-state index is 12.2. The quantitative estimate of drug-likeness (QED) is 0.686. The highest BCUT2D eigenvalue weighted by Crippen LogP contribution is 2.36. The molecule has 1 aromatic carbocycles. The second-order valence-electron chi connectivity index (χ2n) is 5.28. The van der Waals surface area contributed by atoms with Crippen LogP contribution in [-0.2, 0) is 6.42 Å². The molecule has 0 aliphatic heterocycles. The van der Waals surface area contributed by atoms with E-state index in [1.807, 2.05) is 19.9 Å². The molecule has 3 rings (SSSR count). The zero-order valence-electron chi connectivity index (χ0n) is 10.5. The summed E-state index contributed by atoms with van der Waals surface area (Å²) in [6, 6.07) is 2.00. The van der Waals surface area contributed by atoms with Crippen molar-refractivity contribution in [3.63, 3.8) is 0 Å². The minimum Gasteiger partial charge on any atom is -0.464 e. The van der Waals surface area contributed by atoms with Gasteiger partial charge >= 0.3 is 0 Å². The summed E-state index contributed by atoms with van der Waals surface area (Å²) in [7, 11) is 0. The van der Waals surface area contributed by atoms with Gasteiger partial charge in [-0.1, -0.05) is 6.92 Å². The molecule has 1 aliphatic rings. The molecule has 0 N–H and O–H groups in total. The Balaban J connectivity index is 2.42. The van der Waals surface area contributed by atoms with E-state index in [9.17, 15) is 4.79 Å². The number of Topliss-reactive ketones (excluding diaryl/α,β-unsaturated/α-hetero) is 1. The van der Waals surface area contributed by atoms with E-state index in [1.54, 1.807) is 6.26 Å². The molecule has 0 spiro atoms. The van der Waals surface area contributed by atoms with Crippen LogP contribution in [0.1, 0.15) is 40.4 Å². The maximum absolute atomic E-state index is 12.2. The molecular formula is C15H16O2. The number of furan rings is 1. The Bertz CT molecular complexity index is 619. The van der Waals surface area contributed by atoms with Crippen LogP contribution in [0.5, 0.6) is 0 Å². The summed E-state index contributed by atoms with van der Waals surface area (Å²) in [4.78, 5) is 12.2. The first kappa shape index (κ1) is 10.6. The summed E-state index contributed by atoms with van der Waals surface area (Å²) in [5, 5.41) is 1.16. The number of carbonyl (C=O) groups is 1. The molecule has 0 saturated heterocycles. The Morgan fingerprint density at radius 1 is 1.24 bits per heavy atom. The topological polar surface area (TPSA) is 30.2 Å². The first-order valence-electron chi connectivity index (χ1n) is 6.11. The van der Waals surface area contributed by atoms with E-state index in [-0.39, 0.29) is 0 Å². The lowest BCUT2D eigenvalue weighted by molar-refractivity contribution is 0.0953. The lowest BCUT2D eigenvalue weighted by Gasteiger charge is -2.22. The van der Waals surface area contributed by atoms with Crippen molar-refractivity contribution in [3.05, 3.63) is 34.6 Å². The summed E-state index contributed by atoms with van der Waals surface area (Å²) in [5.41, 5.74) is 5.26. The molecule has 1 aliphatic carbocycles. The van der Waals surface area contributed by atoms with E-state index in [2.05, 4.69) is 6.92 Å². The Morgan fingerprint density at radius 2 is 2.00 bits per heavy atom. The lowest BCUT2D eigenvalue weighted by Crippen LogP contribution is -2.19. The fourth-order valence-electron chi connectivity index (χ4n) is 3.02. The fourth-order valence-corrected chi connectivity index (χ4v) is 3.02. The normalized spacial score (nSPS) is 19.7. The number of hydrogen-bond donors (Lipinski definition) is 0. The molecule has 1 aromatic heterocycles. The number of ketones is 1. The van der Waals surface area contributed by atoms with Gasteiger partial charge in [0.2, 0.25) is 0 Å². The highest BCUT2D eigenvalue weighted by atomic mass is 16.3. The van der Waals surface area contributed by atoms with Gasteiger partial charge in [-0.2, -0.15) is 0 Å². The molecule has 88 valence electrons. The highest BCUT2D eigenvalue weighted by molar-refractivity contribution is 6.05. The van der Waals surface area contributed by atoms with Gasteiger partial charge in [-0.3, -0.25) is 4.79 Å². The van der Waals surface area contributed by atoms with E-state index in [0.29, 0.717) is 18.1 Å². The van der Waals surface area contributed by atoms with Crippen molar-refractivity contribution >= 4 is 16.8 Å². The van der Waals surface area contributed by atoms with Crippen molar-refractivity contribution in [1.29, 1.82) is 0 Å². The van der Waals surface area contributed by atoms with Crippen molar-refractivity contribution in [3.8, 4) is 0 Å². The predicted octanol–water partition coefficient (Wildman–Crippen LogP) is 3.81. The minimum absolute atomic E-state index is 0.291. The van der Waals surface area contributed by atoms with Crippen LogP contribution in [0.25, 0.3) is 11.0 Å². The van der Waals surface area contributed by atoms with Crippen LogP contribution in [0.4, 0.5) is 0 Å². The standard InChI is InChI=1S/C15H16O2/c1-8-4-11-14(12(16)5-8)9(2)6-13-15(11)10(3)7-17-13/h6-8H,4-5H2,1-3H3/t8-/m0/s1. The van der Waals surface area contributed by atoms with E-state index < -0.39 is 0 Å². The third-order valence-electron chi connectivity index (χ3n) is 3.71. The number of carbonyl (C=O) groups excluding carboxylic acids is 1. The molecule has 2 aromatic rings. The molecule has 0 amide bonds. The van der Waals surface area contributed by atoms with E-state index >= 15 is 0 Å². The zero-order valence-corrected chi connectivity index (χ0v) is 10.5. The largest absolute Gasteiger partial charge is 0.464 e. The molecule has 1 heterocycles. The van der Waals surface area contributed by atoms with Crippen LogP contribution < -0.4 is 0 Å².